The van der Waals surface area contributed by atoms with Crippen molar-refractivity contribution < 1.29 is 9.53 Å². The Balaban J connectivity index is 1.97. The summed E-state index contributed by atoms with van der Waals surface area (Å²) in [6.07, 6.45) is 2.80. The molecule has 0 saturated heterocycles. The molecule has 134 valence electrons. The number of para-hydroxylation sites is 1. The number of aromatic nitrogens is 1. The molecule has 0 bridgehead atoms. The molecule has 0 amide bonds. The van der Waals surface area contributed by atoms with Crippen molar-refractivity contribution in [3.63, 3.8) is 0 Å². The predicted molar refractivity (Wildman–Crippen MR) is 101 cm³/mol. The third-order valence-electron chi connectivity index (χ3n) is 5.27. The summed E-state index contributed by atoms with van der Waals surface area (Å²) in [7, 11) is 0. The van der Waals surface area contributed by atoms with Crippen molar-refractivity contribution in [2.24, 2.45) is 10.4 Å². The van der Waals surface area contributed by atoms with E-state index in [1.54, 1.807) is 4.57 Å². The van der Waals surface area contributed by atoms with E-state index in [0.717, 1.165) is 47.3 Å². The Hall–Kier alpha value is -2.61. The third kappa shape index (κ3) is 2.44. The van der Waals surface area contributed by atoms with Gasteiger partial charge in [0.15, 0.2) is 0 Å². The molecule has 0 N–H and O–H groups in total. The van der Waals surface area contributed by atoms with E-state index in [2.05, 4.69) is 6.07 Å². The second-order valence-corrected chi connectivity index (χ2v) is 8.18. The summed E-state index contributed by atoms with van der Waals surface area (Å²) >= 11 is 0. The highest BCUT2D eigenvalue weighted by atomic mass is 16.6. The van der Waals surface area contributed by atoms with Crippen LogP contribution in [0, 0.1) is 16.7 Å². The SMILES string of the molecule is CC(C)(C)OC(=O)n1c2c(c3ccccc31)C1=NCCC[C@@]1(C#N)CC2. The van der Waals surface area contributed by atoms with Crippen molar-refractivity contribution in [2.45, 2.75) is 52.1 Å². The molecule has 1 atom stereocenters. The van der Waals surface area contributed by atoms with E-state index >= 15 is 0 Å². The summed E-state index contributed by atoms with van der Waals surface area (Å²) in [6, 6.07) is 10.4. The van der Waals surface area contributed by atoms with Gasteiger partial charge in [0.25, 0.3) is 0 Å². The van der Waals surface area contributed by atoms with Gasteiger partial charge in [0.2, 0.25) is 0 Å². The molecule has 1 aliphatic heterocycles. The molecule has 5 nitrogen and oxygen atoms in total. The van der Waals surface area contributed by atoms with Crippen LogP contribution in [0.15, 0.2) is 29.3 Å². The molecule has 0 fully saturated rings. The number of fused-ring (bicyclic) bond motifs is 5. The lowest BCUT2D eigenvalue weighted by Gasteiger charge is -2.35. The Labute approximate surface area is 153 Å². The molecule has 0 spiro atoms. The maximum absolute atomic E-state index is 13.0. The first-order valence-electron chi connectivity index (χ1n) is 9.18. The van der Waals surface area contributed by atoms with Crippen molar-refractivity contribution in [1.82, 2.24) is 4.57 Å². The van der Waals surface area contributed by atoms with Crippen molar-refractivity contribution in [1.29, 1.82) is 5.26 Å². The second kappa shape index (κ2) is 5.70. The quantitative estimate of drug-likeness (QED) is 0.705. The summed E-state index contributed by atoms with van der Waals surface area (Å²) < 4.78 is 7.35. The van der Waals surface area contributed by atoms with Gasteiger partial charge >= 0.3 is 6.09 Å². The van der Waals surface area contributed by atoms with Crippen LogP contribution in [0.4, 0.5) is 4.79 Å². The number of ether oxygens (including phenoxy) is 1. The average Bonchev–Trinajstić information content (AvgIpc) is 2.95. The Morgan fingerprint density at radius 1 is 1.31 bits per heavy atom. The van der Waals surface area contributed by atoms with Crippen molar-refractivity contribution in [3.8, 4) is 6.07 Å². The van der Waals surface area contributed by atoms with Crippen molar-refractivity contribution in [2.75, 3.05) is 6.54 Å². The van der Waals surface area contributed by atoms with Gasteiger partial charge in [-0.15, -0.1) is 0 Å². The zero-order valence-electron chi connectivity index (χ0n) is 15.5. The van der Waals surface area contributed by atoms with Crippen LogP contribution in [0.25, 0.3) is 10.9 Å². The van der Waals surface area contributed by atoms with Crippen LogP contribution < -0.4 is 0 Å². The fourth-order valence-corrected chi connectivity index (χ4v) is 4.21. The van der Waals surface area contributed by atoms with Crippen molar-refractivity contribution >= 4 is 22.7 Å². The van der Waals surface area contributed by atoms with E-state index in [-0.39, 0.29) is 6.09 Å². The molecule has 0 radical (unpaired) electrons. The highest BCUT2D eigenvalue weighted by Crippen LogP contribution is 2.45. The van der Waals surface area contributed by atoms with Crippen LogP contribution in [-0.2, 0) is 11.2 Å². The number of hydrogen-bond acceptors (Lipinski definition) is 4. The zero-order chi connectivity index (χ0) is 18.5. The Bertz CT molecular complexity index is 972. The Morgan fingerprint density at radius 2 is 2.08 bits per heavy atom. The lowest BCUT2D eigenvalue weighted by molar-refractivity contribution is 0.0539. The summed E-state index contributed by atoms with van der Waals surface area (Å²) in [6.45, 7) is 6.35. The van der Waals surface area contributed by atoms with E-state index in [1.807, 2.05) is 45.0 Å². The van der Waals surface area contributed by atoms with E-state index < -0.39 is 11.0 Å². The molecule has 4 rings (SSSR count). The average molecular weight is 349 g/mol. The third-order valence-corrected chi connectivity index (χ3v) is 5.27. The predicted octanol–water partition coefficient (Wildman–Crippen LogP) is 4.46. The summed E-state index contributed by atoms with van der Waals surface area (Å²) in [5, 5.41) is 10.9. The summed E-state index contributed by atoms with van der Waals surface area (Å²) in [5.41, 5.74) is 2.50. The first-order valence-corrected chi connectivity index (χ1v) is 9.18. The largest absolute Gasteiger partial charge is 0.443 e. The Kier molecular flexibility index (Phi) is 3.69. The minimum Gasteiger partial charge on any atom is -0.443 e. The smallest absolute Gasteiger partial charge is 0.419 e. The van der Waals surface area contributed by atoms with Gasteiger partial charge < -0.3 is 4.74 Å². The van der Waals surface area contributed by atoms with Crippen LogP contribution in [0.3, 0.4) is 0 Å². The van der Waals surface area contributed by atoms with E-state index in [9.17, 15) is 10.1 Å². The van der Waals surface area contributed by atoms with Crippen molar-refractivity contribution in [3.05, 3.63) is 35.5 Å². The minimum absolute atomic E-state index is 0.365. The number of rotatable bonds is 0. The van der Waals surface area contributed by atoms with Gasteiger partial charge in [-0.25, -0.2) is 9.36 Å². The fourth-order valence-electron chi connectivity index (χ4n) is 4.21. The summed E-state index contributed by atoms with van der Waals surface area (Å²) in [5.74, 6) is 0. The van der Waals surface area contributed by atoms with Gasteiger partial charge in [-0.1, -0.05) is 18.2 Å². The van der Waals surface area contributed by atoms with Gasteiger partial charge in [0.05, 0.1) is 22.7 Å². The normalized spacial score (nSPS) is 22.2. The zero-order valence-corrected chi connectivity index (χ0v) is 15.5. The van der Waals surface area contributed by atoms with Crippen LogP contribution >= 0.6 is 0 Å². The number of hydrogen-bond donors (Lipinski definition) is 0. The molecular weight excluding hydrogens is 326 g/mol. The van der Waals surface area contributed by atoms with Gasteiger partial charge in [-0.05, 0) is 52.5 Å². The molecule has 1 aromatic heterocycles. The van der Waals surface area contributed by atoms with E-state index in [4.69, 9.17) is 9.73 Å². The molecular formula is C21H23N3O2. The molecule has 0 saturated carbocycles. The van der Waals surface area contributed by atoms with E-state index in [1.165, 1.54) is 0 Å². The highest BCUT2D eigenvalue weighted by Gasteiger charge is 2.45. The van der Waals surface area contributed by atoms with Gasteiger partial charge in [-0.2, -0.15) is 5.26 Å². The van der Waals surface area contributed by atoms with Gasteiger partial charge in [0, 0.05) is 23.2 Å². The number of nitriles is 1. The lowest BCUT2D eigenvalue weighted by Crippen LogP contribution is -2.39. The number of carbonyl (C=O) groups excluding carboxylic acids is 1. The number of nitrogens with zero attached hydrogens (tertiary/aromatic N) is 3. The number of carbonyl (C=O) groups is 1. The van der Waals surface area contributed by atoms with Crippen LogP contribution in [0.5, 0.6) is 0 Å². The molecule has 2 heterocycles. The van der Waals surface area contributed by atoms with Crippen LogP contribution in [-0.4, -0.2) is 28.5 Å². The second-order valence-electron chi connectivity index (χ2n) is 8.18. The molecule has 0 unspecified atom stereocenters. The first-order chi connectivity index (χ1) is 12.4. The minimum atomic E-state index is -0.567. The highest BCUT2D eigenvalue weighted by molar-refractivity contribution is 6.18. The molecule has 26 heavy (non-hydrogen) atoms. The maximum Gasteiger partial charge on any atom is 0.419 e. The molecule has 1 aromatic carbocycles. The van der Waals surface area contributed by atoms with Gasteiger partial charge in [0.1, 0.15) is 5.60 Å². The lowest BCUT2D eigenvalue weighted by atomic mass is 9.68. The van der Waals surface area contributed by atoms with E-state index in [0.29, 0.717) is 12.8 Å². The molecule has 5 heteroatoms. The maximum atomic E-state index is 13.0. The molecule has 2 aliphatic rings. The molecule has 2 aromatic rings. The first kappa shape index (κ1) is 16.8. The summed E-state index contributed by atoms with van der Waals surface area (Å²) in [4.78, 5) is 17.7. The van der Waals surface area contributed by atoms with Crippen LogP contribution in [0.1, 0.15) is 51.3 Å². The van der Waals surface area contributed by atoms with Crippen LogP contribution in [0.2, 0.25) is 0 Å². The fraction of sp³-hybridized carbons (Fsp3) is 0.476. The standard InChI is InChI=1S/C21H23N3O2/c1-20(2,3)26-19(25)24-15-8-5-4-7-14(15)17-16(24)9-11-21(13-22)10-6-12-23-18(17)21/h4-5,7-8H,6,9-12H2,1-3H3/t21-/m0/s1. The number of aliphatic imine (C=N–C) groups is 1. The monoisotopic (exact) mass is 349 g/mol. The number of benzene rings is 1. The Morgan fingerprint density at radius 3 is 2.81 bits per heavy atom. The molecule has 1 aliphatic carbocycles. The van der Waals surface area contributed by atoms with Gasteiger partial charge in [-0.3, -0.25) is 4.99 Å². The topological polar surface area (TPSA) is 67.4 Å².